The van der Waals surface area contributed by atoms with Crippen molar-refractivity contribution in [2.24, 2.45) is 28.1 Å². The van der Waals surface area contributed by atoms with Crippen LogP contribution in [0.2, 0.25) is 0 Å². The molecule has 5 rings (SSSR count). The third kappa shape index (κ3) is 7.58. The largest absolute Gasteiger partial charge is 0.481 e. The van der Waals surface area contributed by atoms with E-state index in [0.29, 0.717) is 37.5 Å². The lowest BCUT2D eigenvalue weighted by molar-refractivity contribution is -0.217. The van der Waals surface area contributed by atoms with Crippen molar-refractivity contribution in [1.29, 1.82) is 0 Å². The molecule has 40 heavy (non-hydrogen) atoms. The number of hydrogen-bond acceptors (Lipinski definition) is 7. The average molecular weight is 573 g/mol. The van der Waals surface area contributed by atoms with Crippen molar-refractivity contribution in [2.45, 2.75) is 146 Å². The zero-order valence-corrected chi connectivity index (χ0v) is 22.6. The molecule has 1 N–H and O–H groups in total. The Kier molecular flexibility index (Phi) is 13.4. The highest BCUT2D eigenvalue weighted by molar-refractivity contribution is 5.81. The van der Waals surface area contributed by atoms with Gasteiger partial charge in [0.2, 0.25) is 0 Å². The van der Waals surface area contributed by atoms with Gasteiger partial charge in [0.05, 0.1) is 22.3 Å². The molecule has 1 saturated heterocycles. The highest BCUT2D eigenvalue weighted by Gasteiger charge is 2.63. The van der Waals surface area contributed by atoms with Gasteiger partial charge in [0.15, 0.2) is 6.29 Å². The summed E-state index contributed by atoms with van der Waals surface area (Å²) in [7, 11) is 1.61. The molecule has 5 unspecified atom stereocenters. The van der Waals surface area contributed by atoms with Gasteiger partial charge in [-0.1, -0.05) is 36.6 Å². The number of carboxylic acid groups (broad SMARTS) is 1. The van der Waals surface area contributed by atoms with Gasteiger partial charge < -0.3 is 24.1 Å². The first kappa shape index (κ1) is 38.3. The summed E-state index contributed by atoms with van der Waals surface area (Å²) in [5.41, 5.74) is -3.25. The SMILES string of the molecule is C.C.C.C.CCC(C)(CC(C)(C)C(=O)OC12CC3CC(C1)CC(C(=O)O)(C3)C2)C(=O)OCC1CCCC(OC)O1. The van der Waals surface area contributed by atoms with Gasteiger partial charge in [0.25, 0.3) is 0 Å². The lowest BCUT2D eigenvalue weighted by atomic mass is 9.48. The molecule has 0 aromatic rings. The van der Waals surface area contributed by atoms with Crippen molar-refractivity contribution in [3.8, 4) is 0 Å². The maximum atomic E-state index is 13.6. The fourth-order valence-electron chi connectivity index (χ4n) is 7.77. The molecule has 0 radical (unpaired) electrons. The Hall–Kier alpha value is -1.67. The summed E-state index contributed by atoms with van der Waals surface area (Å²) in [5, 5.41) is 10.00. The number of methoxy groups -OCH3 is 1. The third-order valence-corrected chi connectivity index (χ3v) is 9.40. The highest BCUT2D eigenvalue weighted by atomic mass is 16.7. The van der Waals surface area contributed by atoms with Crippen molar-refractivity contribution in [3.63, 3.8) is 0 Å². The lowest BCUT2D eigenvalue weighted by Crippen LogP contribution is -2.60. The Bertz CT molecular complexity index is 853. The van der Waals surface area contributed by atoms with Crippen molar-refractivity contribution >= 4 is 17.9 Å². The average Bonchev–Trinajstić information content (AvgIpc) is 2.81. The predicted octanol–water partition coefficient (Wildman–Crippen LogP) is 7.42. The van der Waals surface area contributed by atoms with Crippen LogP contribution in [0.25, 0.3) is 0 Å². The second kappa shape index (κ2) is 14.0. The van der Waals surface area contributed by atoms with Gasteiger partial charge in [-0.05, 0) is 96.8 Å². The van der Waals surface area contributed by atoms with E-state index >= 15 is 0 Å². The maximum absolute atomic E-state index is 13.6. The molecule has 8 nitrogen and oxygen atoms in total. The quantitative estimate of drug-likeness (QED) is 0.270. The monoisotopic (exact) mass is 572 g/mol. The molecular weight excluding hydrogens is 512 g/mol. The number of rotatable bonds is 10. The summed E-state index contributed by atoms with van der Waals surface area (Å²) >= 11 is 0. The molecule has 1 aliphatic heterocycles. The van der Waals surface area contributed by atoms with Crippen LogP contribution in [0.4, 0.5) is 0 Å². The fraction of sp³-hybridized carbons (Fsp3) is 0.906. The van der Waals surface area contributed by atoms with E-state index in [4.69, 9.17) is 18.9 Å². The van der Waals surface area contributed by atoms with Crippen LogP contribution in [0.1, 0.15) is 128 Å². The molecule has 5 aliphatic rings. The second-order valence-corrected chi connectivity index (χ2v) is 13.0. The second-order valence-electron chi connectivity index (χ2n) is 13.0. The van der Waals surface area contributed by atoms with Crippen molar-refractivity contribution < 1.29 is 38.4 Å². The maximum Gasteiger partial charge on any atom is 0.312 e. The molecule has 1 heterocycles. The smallest absolute Gasteiger partial charge is 0.312 e. The van der Waals surface area contributed by atoms with E-state index in [1.807, 2.05) is 27.7 Å². The molecule has 236 valence electrons. The van der Waals surface area contributed by atoms with Crippen LogP contribution in [0.5, 0.6) is 0 Å². The van der Waals surface area contributed by atoms with Crippen molar-refractivity contribution in [2.75, 3.05) is 13.7 Å². The number of aliphatic carboxylic acids is 1. The van der Waals surface area contributed by atoms with E-state index in [1.165, 1.54) is 0 Å². The summed E-state index contributed by atoms with van der Waals surface area (Å²) in [6.07, 6.45) is 7.27. The summed E-state index contributed by atoms with van der Waals surface area (Å²) < 4.78 is 23.0. The minimum atomic E-state index is -0.925. The number of carboxylic acids is 1. The standard InChI is InChI=1S/C28H44O8.4CH4/c1-6-26(4,24(32)34-15-20-8-7-9-21(33-5)35-20)16-25(2,3)23(31)36-28-13-18-10-19(14-28)12-27(11-18,17-28)22(29)30;;;;/h18-21H,6-17H2,1-5H3,(H,29,30);4*1H4. The van der Waals surface area contributed by atoms with Gasteiger partial charge in [0, 0.05) is 13.5 Å². The van der Waals surface area contributed by atoms with Crippen LogP contribution in [0.3, 0.4) is 0 Å². The Labute approximate surface area is 244 Å². The number of carbonyl (C=O) groups is 3. The van der Waals surface area contributed by atoms with Gasteiger partial charge in [-0.3, -0.25) is 14.4 Å². The third-order valence-electron chi connectivity index (χ3n) is 9.40. The molecule has 4 saturated carbocycles. The zero-order chi connectivity index (χ0) is 26.4. The molecule has 0 aromatic carbocycles. The van der Waals surface area contributed by atoms with Gasteiger partial charge in [-0.2, -0.15) is 0 Å². The molecule has 0 amide bonds. The molecule has 4 bridgehead atoms. The van der Waals surface area contributed by atoms with E-state index in [1.54, 1.807) is 7.11 Å². The van der Waals surface area contributed by atoms with Crippen LogP contribution in [0, 0.1) is 28.1 Å². The van der Waals surface area contributed by atoms with Crippen molar-refractivity contribution in [1.82, 2.24) is 0 Å². The molecule has 5 fully saturated rings. The number of esters is 2. The number of ether oxygens (including phenoxy) is 4. The van der Waals surface area contributed by atoms with E-state index in [0.717, 1.165) is 38.5 Å². The van der Waals surface area contributed by atoms with Crippen LogP contribution in [0.15, 0.2) is 0 Å². The van der Waals surface area contributed by atoms with Crippen LogP contribution < -0.4 is 0 Å². The van der Waals surface area contributed by atoms with E-state index in [9.17, 15) is 19.5 Å². The fourth-order valence-corrected chi connectivity index (χ4v) is 7.77. The van der Waals surface area contributed by atoms with E-state index in [2.05, 4.69) is 0 Å². The van der Waals surface area contributed by atoms with Crippen LogP contribution in [-0.4, -0.2) is 54.7 Å². The predicted molar refractivity (Wildman–Crippen MR) is 158 cm³/mol. The number of carbonyl (C=O) groups excluding carboxylic acids is 2. The van der Waals surface area contributed by atoms with Gasteiger partial charge in [-0.25, -0.2) is 0 Å². The Morgan fingerprint density at radius 2 is 1.55 bits per heavy atom. The Morgan fingerprint density at radius 1 is 0.950 bits per heavy atom. The van der Waals surface area contributed by atoms with Crippen molar-refractivity contribution in [3.05, 3.63) is 0 Å². The zero-order valence-electron chi connectivity index (χ0n) is 22.6. The minimum absolute atomic E-state index is 0. The molecule has 0 aromatic heterocycles. The summed E-state index contributed by atoms with van der Waals surface area (Å²) in [6.45, 7) is 7.57. The highest BCUT2D eigenvalue weighted by Crippen LogP contribution is 2.63. The Balaban J connectivity index is 0.00000380. The summed E-state index contributed by atoms with van der Waals surface area (Å²) in [6, 6.07) is 0. The first-order valence-corrected chi connectivity index (χ1v) is 13.7. The molecular formula is C32H60O8. The summed E-state index contributed by atoms with van der Waals surface area (Å²) in [5.74, 6) is -0.844. The Morgan fingerprint density at radius 3 is 2.08 bits per heavy atom. The lowest BCUT2D eigenvalue weighted by Gasteiger charge is -2.59. The first-order valence-electron chi connectivity index (χ1n) is 13.7. The topological polar surface area (TPSA) is 108 Å². The minimum Gasteiger partial charge on any atom is -0.481 e. The van der Waals surface area contributed by atoms with Gasteiger partial charge in [-0.15, -0.1) is 0 Å². The van der Waals surface area contributed by atoms with Crippen LogP contribution in [-0.2, 0) is 33.3 Å². The molecule has 0 spiro atoms. The molecule has 4 aliphatic carbocycles. The molecule has 5 atom stereocenters. The van der Waals surface area contributed by atoms with Crippen LogP contribution >= 0.6 is 0 Å². The van der Waals surface area contributed by atoms with E-state index in [-0.39, 0.29) is 67.1 Å². The van der Waals surface area contributed by atoms with Gasteiger partial charge >= 0.3 is 17.9 Å². The molecule has 8 heteroatoms. The summed E-state index contributed by atoms with van der Waals surface area (Å²) in [4.78, 5) is 38.9. The normalized spacial score (nSPS) is 33.5. The first-order chi connectivity index (χ1) is 16.8. The van der Waals surface area contributed by atoms with Gasteiger partial charge in [0.1, 0.15) is 12.2 Å². The number of hydrogen-bond donors (Lipinski definition) is 1. The van der Waals surface area contributed by atoms with E-state index < -0.39 is 27.8 Å².